The Morgan fingerprint density at radius 2 is 1.33 bits per heavy atom. The lowest BCUT2D eigenvalue weighted by Gasteiger charge is -2.24. The number of nitrogens with one attached hydrogen (secondary N) is 2. The van der Waals surface area contributed by atoms with Gasteiger partial charge in [0.25, 0.3) is 0 Å². The van der Waals surface area contributed by atoms with Crippen LogP contribution in [0.25, 0.3) is 0 Å². The topological polar surface area (TPSA) is 111 Å². The first kappa shape index (κ1) is 33.6. The molecule has 2 saturated heterocycles. The van der Waals surface area contributed by atoms with Crippen molar-refractivity contribution in [1.29, 1.82) is 0 Å². The normalized spacial score (nSPS) is 19.3. The fraction of sp³-hybridized carbons (Fsp3) is 0.459. The number of hydrogen-bond donors (Lipinski definition) is 4. The summed E-state index contributed by atoms with van der Waals surface area (Å²) < 4.78 is 19.6. The minimum Gasteiger partial charge on any atom is -0.497 e. The van der Waals surface area contributed by atoms with Crippen molar-refractivity contribution in [2.45, 2.75) is 45.2 Å². The molecule has 8 nitrogen and oxygen atoms in total. The van der Waals surface area contributed by atoms with Gasteiger partial charge in [0.15, 0.2) is 0 Å². The quantitative estimate of drug-likeness (QED) is 0.179. The largest absolute Gasteiger partial charge is 0.497 e. The Kier molecular flexibility index (Phi) is 11.8. The predicted octanol–water partition coefficient (Wildman–Crippen LogP) is 4.78. The molecular formula is C37H46FN3O5. The lowest BCUT2D eigenvalue weighted by Crippen LogP contribution is -2.28. The van der Waals surface area contributed by atoms with Crippen LogP contribution in [0.4, 0.5) is 4.39 Å². The Bertz CT molecular complexity index is 1390. The van der Waals surface area contributed by atoms with Crippen molar-refractivity contribution in [3.05, 3.63) is 100 Å². The van der Waals surface area contributed by atoms with E-state index >= 15 is 0 Å². The smallest absolute Gasteiger partial charge is 0.307 e. The SMILES string of the molecule is COc1cc(F)cc(CCN(Cc2cccc(C[C@H](C(=O)O)[C@H]3CCNC3)c2)Cc2cccc(C[C@H](C(=O)O)[C@H]3CCNC3)c2)c1. The molecule has 2 aliphatic heterocycles. The Morgan fingerprint density at radius 1 is 0.804 bits per heavy atom. The zero-order valence-electron chi connectivity index (χ0n) is 26.6. The zero-order chi connectivity index (χ0) is 32.5. The number of hydrogen-bond acceptors (Lipinski definition) is 6. The van der Waals surface area contributed by atoms with Crippen LogP contribution in [0.3, 0.4) is 0 Å². The number of ether oxygens (including phenoxy) is 1. The standard InChI is InChI=1S/C37H46FN3O5/c1-46-33-17-27(16-32(38)20-33)10-13-41(23-28-6-2-4-25(14-28)18-34(36(42)43)30-8-11-39-21-30)24-29-7-3-5-26(15-29)19-35(37(44)45)31-9-12-40-22-31/h2-7,14-17,20,30-31,34-35,39-40H,8-13,18-19,21-24H2,1H3,(H,42,43)(H,44,45)/t30-,31-,34-,35-/m0/s1. The van der Waals surface area contributed by atoms with E-state index in [1.165, 1.54) is 19.2 Å². The number of carbonyl (C=O) groups is 2. The van der Waals surface area contributed by atoms with Gasteiger partial charge in [-0.3, -0.25) is 14.5 Å². The van der Waals surface area contributed by atoms with E-state index in [4.69, 9.17) is 4.74 Å². The molecule has 5 rings (SSSR count). The van der Waals surface area contributed by atoms with Gasteiger partial charge in [0.2, 0.25) is 0 Å². The van der Waals surface area contributed by atoms with E-state index in [2.05, 4.69) is 39.8 Å². The maximum absolute atomic E-state index is 14.3. The van der Waals surface area contributed by atoms with Gasteiger partial charge >= 0.3 is 11.9 Å². The summed E-state index contributed by atoms with van der Waals surface area (Å²) in [6.07, 6.45) is 3.33. The van der Waals surface area contributed by atoms with Crippen molar-refractivity contribution >= 4 is 11.9 Å². The summed E-state index contributed by atoms with van der Waals surface area (Å²) in [6, 6.07) is 21.1. The number of benzene rings is 3. The Morgan fingerprint density at radius 3 is 1.78 bits per heavy atom. The van der Waals surface area contributed by atoms with E-state index in [0.29, 0.717) is 44.6 Å². The molecule has 0 bridgehead atoms. The van der Waals surface area contributed by atoms with Gasteiger partial charge in [0.1, 0.15) is 11.6 Å². The molecule has 0 spiro atoms. The van der Waals surface area contributed by atoms with Crippen LogP contribution in [0.1, 0.15) is 40.7 Å². The molecule has 0 amide bonds. The summed E-state index contributed by atoms with van der Waals surface area (Å²) in [5.41, 5.74) is 5.02. The van der Waals surface area contributed by atoms with Crippen LogP contribution >= 0.6 is 0 Å². The average Bonchev–Trinajstić information content (AvgIpc) is 3.77. The van der Waals surface area contributed by atoms with E-state index in [0.717, 1.165) is 66.8 Å². The molecule has 2 aliphatic rings. The maximum Gasteiger partial charge on any atom is 0.307 e. The lowest BCUT2D eigenvalue weighted by molar-refractivity contribution is -0.144. The molecule has 3 aromatic rings. The number of nitrogens with zero attached hydrogens (tertiary/aromatic N) is 1. The molecule has 4 atom stereocenters. The van der Waals surface area contributed by atoms with Crippen LogP contribution in [0, 0.1) is 29.5 Å². The first-order chi connectivity index (χ1) is 22.3. The first-order valence-electron chi connectivity index (χ1n) is 16.4. The molecule has 0 unspecified atom stereocenters. The fourth-order valence-corrected chi connectivity index (χ4v) is 7.07. The summed E-state index contributed by atoms with van der Waals surface area (Å²) in [5, 5.41) is 26.5. The molecule has 0 aromatic heterocycles. The first-order valence-corrected chi connectivity index (χ1v) is 16.4. The van der Waals surface area contributed by atoms with Crippen molar-refractivity contribution in [1.82, 2.24) is 15.5 Å². The third-order valence-corrected chi connectivity index (χ3v) is 9.56. The third kappa shape index (κ3) is 9.37. The van der Waals surface area contributed by atoms with E-state index < -0.39 is 23.8 Å². The molecule has 2 heterocycles. The van der Waals surface area contributed by atoms with E-state index in [9.17, 15) is 24.2 Å². The minimum absolute atomic E-state index is 0.124. The molecule has 4 N–H and O–H groups in total. The summed E-state index contributed by atoms with van der Waals surface area (Å²) in [6.45, 7) is 5.08. The molecule has 9 heteroatoms. The number of carboxylic acid groups (broad SMARTS) is 2. The molecule has 0 saturated carbocycles. The molecule has 0 aliphatic carbocycles. The Balaban J connectivity index is 1.33. The van der Waals surface area contributed by atoms with Crippen LogP contribution in [0.5, 0.6) is 5.75 Å². The summed E-state index contributed by atoms with van der Waals surface area (Å²) >= 11 is 0. The number of aliphatic carboxylic acids is 2. The number of rotatable bonds is 16. The monoisotopic (exact) mass is 631 g/mol. The molecule has 46 heavy (non-hydrogen) atoms. The van der Waals surface area contributed by atoms with Crippen molar-refractivity contribution in [3.63, 3.8) is 0 Å². The highest BCUT2D eigenvalue weighted by molar-refractivity contribution is 5.71. The van der Waals surface area contributed by atoms with Crippen molar-refractivity contribution < 1.29 is 28.9 Å². The second-order valence-electron chi connectivity index (χ2n) is 12.9. The molecule has 246 valence electrons. The van der Waals surface area contributed by atoms with Gasteiger partial charge < -0.3 is 25.6 Å². The highest BCUT2D eigenvalue weighted by atomic mass is 19.1. The van der Waals surface area contributed by atoms with E-state index in [1.54, 1.807) is 0 Å². The highest BCUT2D eigenvalue weighted by Crippen LogP contribution is 2.26. The number of carboxylic acids is 2. The van der Waals surface area contributed by atoms with Gasteiger partial charge in [0.05, 0.1) is 18.9 Å². The van der Waals surface area contributed by atoms with Gasteiger partial charge in [-0.15, -0.1) is 0 Å². The highest BCUT2D eigenvalue weighted by Gasteiger charge is 2.31. The van der Waals surface area contributed by atoms with E-state index in [-0.39, 0.29) is 17.7 Å². The van der Waals surface area contributed by atoms with Gasteiger partial charge in [-0.25, -0.2) is 4.39 Å². The van der Waals surface area contributed by atoms with Crippen LogP contribution < -0.4 is 15.4 Å². The number of halogens is 1. The third-order valence-electron chi connectivity index (χ3n) is 9.56. The van der Waals surface area contributed by atoms with Crippen LogP contribution in [-0.4, -0.2) is 66.9 Å². The second kappa shape index (κ2) is 16.2. The Hall–Kier alpha value is -3.79. The summed E-state index contributed by atoms with van der Waals surface area (Å²) in [5.74, 6) is -1.96. The van der Waals surface area contributed by atoms with Gasteiger partial charge in [-0.1, -0.05) is 48.5 Å². The number of methoxy groups -OCH3 is 1. The molecule has 3 aromatic carbocycles. The van der Waals surface area contributed by atoms with Gasteiger partial charge in [-0.2, -0.15) is 0 Å². The van der Waals surface area contributed by atoms with Crippen LogP contribution in [-0.2, 0) is 41.9 Å². The van der Waals surface area contributed by atoms with Crippen molar-refractivity contribution in [2.24, 2.45) is 23.7 Å². The van der Waals surface area contributed by atoms with Crippen molar-refractivity contribution in [3.8, 4) is 5.75 Å². The summed E-state index contributed by atoms with van der Waals surface area (Å²) in [7, 11) is 1.53. The molecular weight excluding hydrogens is 585 g/mol. The zero-order valence-corrected chi connectivity index (χ0v) is 26.6. The van der Waals surface area contributed by atoms with E-state index in [1.807, 2.05) is 30.3 Å². The Labute approximate surface area is 271 Å². The second-order valence-corrected chi connectivity index (χ2v) is 12.9. The average molecular weight is 632 g/mol. The molecule has 2 fully saturated rings. The minimum atomic E-state index is -0.750. The lowest BCUT2D eigenvalue weighted by atomic mass is 9.86. The van der Waals surface area contributed by atoms with Crippen molar-refractivity contribution in [2.75, 3.05) is 39.8 Å². The van der Waals surface area contributed by atoms with Crippen LogP contribution in [0.15, 0.2) is 66.7 Å². The van der Waals surface area contributed by atoms with Gasteiger partial charge in [0, 0.05) is 25.7 Å². The maximum atomic E-state index is 14.3. The van der Waals surface area contributed by atoms with Gasteiger partial charge in [-0.05, 0) is 110 Å². The molecule has 0 radical (unpaired) electrons. The fourth-order valence-electron chi connectivity index (χ4n) is 7.07. The predicted molar refractivity (Wildman–Crippen MR) is 175 cm³/mol. The van der Waals surface area contributed by atoms with Crippen LogP contribution in [0.2, 0.25) is 0 Å². The summed E-state index contributed by atoms with van der Waals surface area (Å²) in [4.78, 5) is 26.6.